The van der Waals surface area contributed by atoms with E-state index in [1.54, 1.807) is 12.1 Å². The summed E-state index contributed by atoms with van der Waals surface area (Å²) >= 11 is 0. The molecule has 0 unspecified atom stereocenters. The Hall–Kier alpha value is -1.87. The van der Waals surface area contributed by atoms with Gasteiger partial charge >= 0.3 is 0 Å². The topological polar surface area (TPSA) is 21.3 Å². The van der Waals surface area contributed by atoms with E-state index in [-0.39, 0.29) is 5.82 Å². The molecule has 0 aromatic heterocycles. The minimum atomic E-state index is -0.225. The summed E-state index contributed by atoms with van der Waals surface area (Å²) < 4.78 is 18.6. The Labute approximate surface area is 126 Å². The van der Waals surface area contributed by atoms with E-state index in [9.17, 15) is 4.39 Å². The van der Waals surface area contributed by atoms with Gasteiger partial charge in [-0.1, -0.05) is 31.2 Å². The highest BCUT2D eigenvalue weighted by Crippen LogP contribution is 2.15. The van der Waals surface area contributed by atoms with Crippen molar-refractivity contribution in [2.45, 2.75) is 39.5 Å². The molecule has 1 N–H and O–H groups in total. The van der Waals surface area contributed by atoms with Crippen molar-refractivity contribution in [1.82, 2.24) is 5.32 Å². The number of halogens is 1. The molecule has 0 radical (unpaired) electrons. The van der Waals surface area contributed by atoms with E-state index in [1.807, 2.05) is 18.2 Å². The molecule has 3 heteroatoms. The lowest BCUT2D eigenvalue weighted by Gasteiger charge is -2.12. The van der Waals surface area contributed by atoms with Crippen molar-refractivity contribution in [3.63, 3.8) is 0 Å². The predicted octanol–water partition coefficient (Wildman–Crippen LogP) is 4.29. The molecule has 2 aromatic rings. The SMILES string of the molecule is CC[C@@H](C)NCc1cccc(OCc2ccc(F)cc2)c1. The van der Waals surface area contributed by atoms with Gasteiger partial charge in [0.15, 0.2) is 0 Å². The van der Waals surface area contributed by atoms with Crippen LogP contribution in [0.1, 0.15) is 31.4 Å². The van der Waals surface area contributed by atoms with Crippen LogP contribution in [0.25, 0.3) is 0 Å². The van der Waals surface area contributed by atoms with Crippen molar-refractivity contribution >= 4 is 0 Å². The Bertz CT molecular complexity index is 553. The number of hydrogen-bond acceptors (Lipinski definition) is 2. The molecule has 1 atom stereocenters. The molecule has 0 aliphatic rings. The highest BCUT2D eigenvalue weighted by atomic mass is 19.1. The van der Waals surface area contributed by atoms with Gasteiger partial charge in [-0.2, -0.15) is 0 Å². The summed E-state index contributed by atoms with van der Waals surface area (Å²) in [5, 5.41) is 3.46. The molecule has 0 aliphatic heterocycles. The number of ether oxygens (including phenoxy) is 1. The Morgan fingerprint density at radius 1 is 1.10 bits per heavy atom. The number of benzene rings is 2. The Morgan fingerprint density at radius 3 is 2.57 bits per heavy atom. The van der Waals surface area contributed by atoms with E-state index in [2.05, 4.69) is 25.2 Å². The van der Waals surface area contributed by atoms with Crippen LogP contribution in [-0.2, 0) is 13.2 Å². The summed E-state index contributed by atoms with van der Waals surface area (Å²) in [4.78, 5) is 0. The van der Waals surface area contributed by atoms with Crippen LogP contribution >= 0.6 is 0 Å². The third kappa shape index (κ3) is 5.20. The van der Waals surface area contributed by atoms with Crippen molar-refractivity contribution < 1.29 is 9.13 Å². The summed E-state index contributed by atoms with van der Waals surface area (Å²) in [7, 11) is 0. The molecule has 0 amide bonds. The number of nitrogens with one attached hydrogen (secondary N) is 1. The van der Waals surface area contributed by atoms with E-state index in [0.717, 1.165) is 24.3 Å². The molecule has 112 valence electrons. The van der Waals surface area contributed by atoms with Gasteiger partial charge in [0.25, 0.3) is 0 Å². The molecule has 0 spiro atoms. The smallest absolute Gasteiger partial charge is 0.123 e. The molecular formula is C18H22FNO. The third-order valence-electron chi connectivity index (χ3n) is 3.48. The second kappa shape index (κ2) is 7.79. The maximum Gasteiger partial charge on any atom is 0.123 e. The van der Waals surface area contributed by atoms with Gasteiger partial charge in [-0.05, 0) is 48.7 Å². The van der Waals surface area contributed by atoms with Gasteiger partial charge in [-0.3, -0.25) is 0 Å². The normalized spacial score (nSPS) is 12.1. The fourth-order valence-corrected chi connectivity index (χ4v) is 1.93. The first-order chi connectivity index (χ1) is 10.2. The molecule has 0 aliphatic carbocycles. The van der Waals surface area contributed by atoms with Crippen molar-refractivity contribution in [3.8, 4) is 5.75 Å². The van der Waals surface area contributed by atoms with Crippen LogP contribution in [0.3, 0.4) is 0 Å². The van der Waals surface area contributed by atoms with E-state index in [1.165, 1.54) is 17.7 Å². The van der Waals surface area contributed by atoms with Crippen LogP contribution < -0.4 is 10.1 Å². The highest BCUT2D eigenvalue weighted by molar-refractivity contribution is 5.29. The van der Waals surface area contributed by atoms with Gasteiger partial charge in [0, 0.05) is 12.6 Å². The monoisotopic (exact) mass is 287 g/mol. The largest absolute Gasteiger partial charge is 0.489 e. The molecule has 2 aromatic carbocycles. The van der Waals surface area contributed by atoms with Gasteiger partial charge in [0.1, 0.15) is 18.2 Å². The van der Waals surface area contributed by atoms with Crippen LogP contribution in [0.5, 0.6) is 5.75 Å². The minimum absolute atomic E-state index is 0.225. The lowest BCUT2D eigenvalue weighted by Crippen LogP contribution is -2.24. The van der Waals surface area contributed by atoms with Crippen LogP contribution in [0.2, 0.25) is 0 Å². The van der Waals surface area contributed by atoms with E-state index < -0.39 is 0 Å². The maximum atomic E-state index is 12.8. The number of hydrogen-bond donors (Lipinski definition) is 1. The summed E-state index contributed by atoms with van der Waals surface area (Å²) in [5.74, 6) is 0.611. The van der Waals surface area contributed by atoms with E-state index in [0.29, 0.717) is 12.6 Å². The molecule has 2 rings (SSSR count). The van der Waals surface area contributed by atoms with Gasteiger partial charge < -0.3 is 10.1 Å². The minimum Gasteiger partial charge on any atom is -0.489 e. The molecule has 0 saturated carbocycles. The lowest BCUT2D eigenvalue weighted by molar-refractivity contribution is 0.305. The standard InChI is InChI=1S/C18H22FNO/c1-3-14(2)20-12-16-5-4-6-18(11-16)21-13-15-7-9-17(19)10-8-15/h4-11,14,20H,3,12-13H2,1-2H3/t14-/m1/s1. The van der Waals surface area contributed by atoms with Gasteiger partial charge in [-0.25, -0.2) is 4.39 Å². The Balaban J connectivity index is 1.90. The molecule has 0 fully saturated rings. The summed E-state index contributed by atoms with van der Waals surface area (Å²) in [6, 6.07) is 14.9. The first kappa shape index (κ1) is 15.5. The molecule has 0 bridgehead atoms. The molecule has 0 heterocycles. The van der Waals surface area contributed by atoms with Crippen molar-refractivity contribution in [2.24, 2.45) is 0 Å². The summed E-state index contributed by atoms with van der Waals surface area (Å²) in [6.07, 6.45) is 1.11. The average Bonchev–Trinajstić information content (AvgIpc) is 2.52. The maximum absolute atomic E-state index is 12.8. The van der Waals surface area contributed by atoms with Crippen molar-refractivity contribution in [2.75, 3.05) is 0 Å². The van der Waals surface area contributed by atoms with Gasteiger partial charge in [0.05, 0.1) is 0 Å². The van der Waals surface area contributed by atoms with Crippen LogP contribution in [-0.4, -0.2) is 6.04 Å². The van der Waals surface area contributed by atoms with Gasteiger partial charge in [0.2, 0.25) is 0 Å². The van der Waals surface area contributed by atoms with E-state index >= 15 is 0 Å². The van der Waals surface area contributed by atoms with Crippen LogP contribution in [0, 0.1) is 5.82 Å². The molecule has 0 saturated heterocycles. The predicted molar refractivity (Wildman–Crippen MR) is 83.8 cm³/mol. The fraction of sp³-hybridized carbons (Fsp3) is 0.333. The zero-order valence-corrected chi connectivity index (χ0v) is 12.6. The Kier molecular flexibility index (Phi) is 5.76. The zero-order chi connectivity index (χ0) is 15.1. The first-order valence-electron chi connectivity index (χ1n) is 7.37. The molecular weight excluding hydrogens is 265 g/mol. The van der Waals surface area contributed by atoms with Gasteiger partial charge in [-0.15, -0.1) is 0 Å². The second-order valence-corrected chi connectivity index (χ2v) is 5.25. The Morgan fingerprint density at radius 2 is 1.86 bits per heavy atom. The second-order valence-electron chi connectivity index (χ2n) is 5.25. The summed E-state index contributed by atoms with van der Waals surface area (Å²) in [6.45, 7) is 5.63. The molecule has 21 heavy (non-hydrogen) atoms. The quantitative estimate of drug-likeness (QED) is 0.820. The van der Waals surface area contributed by atoms with Crippen LogP contribution in [0.15, 0.2) is 48.5 Å². The average molecular weight is 287 g/mol. The van der Waals surface area contributed by atoms with E-state index in [4.69, 9.17) is 4.74 Å². The lowest BCUT2D eigenvalue weighted by atomic mass is 10.2. The fourth-order valence-electron chi connectivity index (χ4n) is 1.93. The number of rotatable bonds is 7. The van der Waals surface area contributed by atoms with Crippen LogP contribution in [0.4, 0.5) is 4.39 Å². The van der Waals surface area contributed by atoms with Crippen molar-refractivity contribution in [3.05, 3.63) is 65.5 Å². The first-order valence-corrected chi connectivity index (χ1v) is 7.37. The zero-order valence-electron chi connectivity index (χ0n) is 12.6. The highest BCUT2D eigenvalue weighted by Gasteiger charge is 2.01. The molecule has 2 nitrogen and oxygen atoms in total. The third-order valence-corrected chi connectivity index (χ3v) is 3.48. The van der Waals surface area contributed by atoms with Crippen molar-refractivity contribution in [1.29, 1.82) is 0 Å². The summed E-state index contributed by atoms with van der Waals surface area (Å²) in [5.41, 5.74) is 2.16.